The Balaban J connectivity index is 2.19. The van der Waals surface area contributed by atoms with E-state index in [1.54, 1.807) is 32.9 Å². The molecule has 0 atom stereocenters. The molecule has 0 unspecified atom stereocenters. The van der Waals surface area contributed by atoms with Gasteiger partial charge in [-0.15, -0.1) is 0 Å². The lowest BCUT2D eigenvalue weighted by Gasteiger charge is -2.32. The Bertz CT molecular complexity index is 639. The van der Waals surface area contributed by atoms with Crippen LogP contribution in [0.3, 0.4) is 0 Å². The molecule has 1 aliphatic heterocycles. The highest BCUT2D eigenvalue weighted by Gasteiger charge is 2.52. The standard InChI is InChI=1S/C18H27BFNO4/c1-16(2,3)23-15(22)21-11-12-9-8-10-13(20)14(12)19-24-17(4,5)18(6,7)25-19/h8-10H,11H2,1-7H3,(H,21,22). The molecule has 1 saturated heterocycles. The summed E-state index contributed by atoms with van der Waals surface area (Å²) in [4.78, 5) is 11.9. The van der Waals surface area contributed by atoms with Gasteiger partial charge in [0.2, 0.25) is 0 Å². The second-order valence-electron chi connectivity index (χ2n) is 8.26. The van der Waals surface area contributed by atoms with E-state index in [4.69, 9.17) is 14.0 Å². The summed E-state index contributed by atoms with van der Waals surface area (Å²) in [6.07, 6.45) is -0.559. The van der Waals surface area contributed by atoms with Gasteiger partial charge in [-0.2, -0.15) is 0 Å². The topological polar surface area (TPSA) is 56.8 Å². The molecule has 0 saturated carbocycles. The van der Waals surface area contributed by atoms with E-state index in [0.717, 1.165) is 0 Å². The minimum absolute atomic E-state index is 0.117. The molecule has 0 radical (unpaired) electrons. The fourth-order valence-corrected chi connectivity index (χ4v) is 2.44. The highest BCUT2D eigenvalue weighted by Crippen LogP contribution is 2.36. The summed E-state index contributed by atoms with van der Waals surface area (Å²) in [5, 5.41) is 2.65. The fourth-order valence-electron chi connectivity index (χ4n) is 2.44. The molecular formula is C18H27BFNO4. The zero-order chi connectivity index (χ0) is 19.0. The smallest absolute Gasteiger partial charge is 0.444 e. The zero-order valence-corrected chi connectivity index (χ0v) is 16.0. The van der Waals surface area contributed by atoms with Crippen LogP contribution in [0.1, 0.15) is 54.0 Å². The van der Waals surface area contributed by atoms with Crippen molar-refractivity contribution < 1.29 is 23.2 Å². The molecule has 2 rings (SSSR count). The van der Waals surface area contributed by atoms with E-state index in [0.29, 0.717) is 11.0 Å². The van der Waals surface area contributed by atoms with E-state index in [1.807, 2.05) is 27.7 Å². The summed E-state index contributed by atoms with van der Waals surface area (Å²) in [5.74, 6) is -0.429. The van der Waals surface area contributed by atoms with Crippen LogP contribution in [0.5, 0.6) is 0 Å². The molecule has 1 aromatic carbocycles. The van der Waals surface area contributed by atoms with Gasteiger partial charge in [0.1, 0.15) is 11.4 Å². The third-order valence-electron chi connectivity index (χ3n) is 4.45. The summed E-state index contributed by atoms with van der Waals surface area (Å²) in [6.45, 7) is 13.1. The molecule has 7 heteroatoms. The maximum absolute atomic E-state index is 14.5. The molecule has 0 aromatic heterocycles. The number of carbonyl (C=O) groups excluding carboxylic acids is 1. The number of nitrogens with one attached hydrogen (secondary N) is 1. The van der Waals surface area contributed by atoms with Crippen molar-refractivity contribution in [3.05, 3.63) is 29.6 Å². The molecule has 0 spiro atoms. The van der Waals surface area contributed by atoms with E-state index >= 15 is 0 Å². The van der Waals surface area contributed by atoms with Gasteiger partial charge in [0.05, 0.1) is 11.2 Å². The molecule has 1 N–H and O–H groups in total. The van der Waals surface area contributed by atoms with Gasteiger partial charge < -0.3 is 19.4 Å². The molecule has 1 fully saturated rings. The molecule has 25 heavy (non-hydrogen) atoms. The Hall–Kier alpha value is -1.60. The van der Waals surface area contributed by atoms with Crippen molar-refractivity contribution in [2.24, 2.45) is 0 Å². The fraction of sp³-hybridized carbons (Fsp3) is 0.611. The van der Waals surface area contributed by atoms with E-state index < -0.39 is 35.8 Å². The first-order valence-electron chi connectivity index (χ1n) is 8.42. The average Bonchev–Trinajstić information content (AvgIpc) is 2.62. The maximum Gasteiger partial charge on any atom is 0.498 e. The van der Waals surface area contributed by atoms with E-state index in [-0.39, 0.29) is 6.54 Å². The van der Waals surface area contributed by atoms with Gasteiger partial charge in [-0.3, -0.25) is 0 Å². The zero-order valence-electron chi connectivity index (χ0n) is 16.0. The Morgan fingerprint density at radius 1 is 1.20 bits per heavy atom. The Labute approximate surface area is 149 Å². The molecular weight excluding hydrogens is 324 g/mol. The van der Waals surface area contributed by atoms with Crippen molar-refractivity contribution in [1.29, 1.82) is 0 Å². The molecule has 138 valence electrons. The number of ether oxygens (including phenoxy) is 1. The lowest BCUT2D eigenvalue weighted by Crippen LogP contribution is -2.41. The van der Waals surface area contributed by atoms with Gasteiger partial charge in [0.15, 0.2) is 0 Å². The van der Waals surface area contributed by atoms with Gasteiger partial charge >= 0.3 is 13.2 Å². The minimum Gasteiger partial charge on any atom is -0.444 e. The summed E-state index contributed by atoms with van der Waals surface area (Å²) in [7, 11) is -0.832. The number of rotatable bonds is 3. The SMILES string of the molecule is CC(C)(C)OC(=O)NCc1cccc(F)c1B1OC(C)(C)C(C)(C)O1. The first kappa shape index (κ1) is 19.7. The third kappa shape index (κ3) is 4.52. The molecule has 0 bridgehead atoms. The van der Waals surface area contributed by atoms with Gasteiger partial charge in [-0.1, -0.05) is 12.1 Å². The van der Waals surface area contributed by atoms with Crippen molar-refractivity contribution in [3.8, 4) is 0 Å². The Kier molecular flexibility index (Phi) is 5.22. The second-order valence-corrected chi connectivity index (χ2v) is 8.26. The summed E-state index contributed by atoms with van der Waals surface area (Å²) in [5.41, 5.74) is -0.854. The van der Waals surface area contributed by atoms with E-state index in [1.165, 1.54) is 6.07 Å². The third-order valence-corrected chi connectivity index (χ3v) is 4.45. The first-order valence-corrected chi connectivity index (χ1v) is 8.42. The van der Waals surface area contributed by atoms with Crippen LogP contribution in [0.15, 0.2) is 18.2 Å². The molecule has 1 aromatic rings. The van der Waals surface area contributed by atoms with Crippen molar-refractivity contribution in [3.63, 3.8) is 0 Å². The van der Waals surface area contributed by atoms with Crippen molar-refractivity contribution in [2.75, 3.05) is 0 Å². The van der Waals surface area contributed by atoms with Crippen molar-refractivity contribution in [1.82, 2.24) is 5.32 Å². The summed E-state index contributed by atoms with van der Waals surface area (Å²) in [6, 6.07) is 4.69. The van der Waals surface area contributed by atoms with Crippen molar-refractivity contribution in [2.45, 2.75) is 71.8 Å². The largest absolute Gasteiger partial charge is 0.498 e. The Morgan fingerprint density at radius 3 is 2.28 bits per heavy atom. The van der Waals surface area contributed by atoms with E-state index in [9.17, 15) is 9.18 Å². The van der Waals surface area contributed by atoms with Crippen LogP contribution in [0, 0.1) is 5.82 Å². The minimum atomic E-state index is -0.832. The number of amides is 1. The molecule has 1 aliphatic rings. The van der Waals surface area contributed by atoms with Crippen LogP contribution < -0.4 is 10.8 Å². The highest BCUT2D eigenvalue weighted by atomic mass is 19.1. The Morgan fingerprint density at radius 2 is 1.76 bits per heavy atom. The van der Waals surface area contributed by atoms with Gasteiger partial charge in [0.25, 0.3) is 0 Å². The average molecular weight is 351 g/mol. The van der Waals surface area contributed by atoms with Crippen LogP contribution in [0.4, 0.5) is 9.18 Å². The maximum atomic E-state index is 14.5. The highest BCUT2D eigenvalue weighted by molar-refractivity contribution is 6.62. The monoisotopic (exact) mass is 351 g/mol. The number of alkyl carbamates (subject to hydrolysis) is 1. The van der Waals surface area contributed by atoms with Crippen LogP contribution >= 0.6 is 0 Å². The summed E-state index contributed by atoms with van der Waals surface area (Å²) >= 11 is 0. The van der Waals surface area contributed by atoms with Crippen LogP contribution in [0.25, 0.3) is 0 Å². The van der Waals surface area contributed by atoms with E-state index in [2.05, 4.69) is 5.32 Å². The number of hydrogen-bond donors (Lipinski definition) is 1. The van der Waals surface area contributed by atoms with Gasteiger partial charge in [0, 0.05) is 12.0 Å². The normalized spacial score (nSPS) is 19.0. The number of halogens is 1. The second kappa shape index (κ2) is 6.61. The van der Waals surface area contributed by atoms with Crippen LogP contribution in [-0.4, -0.2) is 30.0 Å². The van der Waals surface area contributed by atoms with Gasteiger partial charge in [-0.25, -0.2) is 9.18 Å². The number of carbonyl (C=O) groups is 1. The molecule has 5 nitrogen and oxygen atoms in total. The number of hydrogen-bond acceptors (Lipinski definition) is 4. The van der Waals surface area contributed by atoms with Gasteiger partial charge in [-0.05, 0) is 60.1 Å². The quantitative estimate of drug-likeness (QED) is 0.850. The first-order chi connectivity index (χ1) is 11.3. The van der Waals surface area contributed by atoms with Crippen LogP contribution in [-0.2, 0) is 20.6 Å². The lowest BCUT2D eigenvalue weighted by molar-refractivity contribution is 0.00578. The molecule has 0 aliphatic carbocycles. The predicted molar refractivity (Wildman–Crippen MR) is 95.2 cm³/mol. The summed E-state index contributed by atoms with van der Waals surface area (Å²) < 4.78 is 31.6. The molecule has 1 amide bonds. The predicted octanol–water partition coefficient (Wildman–Crippen LogP) is 3.15. The van der Waals surface area contributed by atoms with Crippen LogP contribution in [0.2, 0.25) is 0 Å². The molecule has 1 heterocycles. The number of benzene rings is 1. The van der Waals surface area contributed by atoms with Crippen molar-refractivity contribution >= 4 is 18.7 Å². The lowest BCUT2D eigenvalue weighted by atomic mass is 9.75.